The van der Waals surface area contributed by atoms with E-state index in [0.717, 1.165) is 32.8 Å². The fourth-order valence-corrected chi connectivity index (χ4v) is 3.29. The van der Waals surface area contributed by atoms with Crippen molar-refractivity contribution >= 4 is 17.6 Å². The Bertz CT molecular complexity index is 760. The SMILES string of the molecule is COC(=O)C1=C(Nc2ccccc2OCCN2CCOCC2)C(=O)N(CCO)C1. The Labute approximate surface area is 169 Å². The minimum absolute atomic E-state index is 0.0917. The molecule has 9 nitrogen and oxygen atoms in total. The highest BCUT2D eigenvalue weighted by Crippen LogP contribution is 2.29. The molecular formula is C20H27N3O6. The number of benzene rings is 1. The monoisotopic (exact) mass is 405 g/mol. The first kappa shape index (κ1) is 21.1. The number of methoxy groups -OCH3 is 1. The third-order valence-electron chi connectivity index (χ3n) is 4.87. The van der Waals surface area contributed by atoms with Crippen molar-refractivity contribution in [3.8, 4) is 5.75 Å². The maximum absolute atomic E-state index is 12.7. The van der Waals surface area contributed by atoms with Gasteiger partial charge in [0.15, 0.2) is 0 Å². The smallest absolute Gasteiger partial charge is 0.337 e. The highest BCUT2D eigenvalue weighted by atomic mass is 16.5. The van der Waals surface area contributed by atoms with E-state index in [1.165, 1.54) is 12.0 Å². The molecule has 2 aliphatic heterocycles. The standard InChI is InChI=1S/C20H27N3O6/c1-27-20(26)15-14-23(6-10-24)19(25)18(15)21-16-4-2-3-5-17(16)29-13-9-22-7-11-28-12-8-22/h2-5,21,24H,6-14H2,1H3. The lowest BCUT2D eigenvalue weighted by Crippen LogP contribution is -2.38. The summed E-state index contributed by atoms with van der Waals surface area (Å²) in [6, 6.07) is 7.26. The number of hydrogen-bond donors (Lipinski definition) is 2. The summed E-state index contributed by atoms with van der Waals surface area (Å²) in [6.07, 6.45) is 0. The number of rotatable bonds is 9. The molecule has 0 atom stereocenters. The summed E-state index contributed by atoms with van der Waals surface area (Å²) >= 11 is 0. The van der Waals surface area contributed by atoms with Crippen LogP contribution >= 0.6 is 0 Å². The number of nitrogens with zero attached hydrogens (tertiary/aromatic N) is 2. The molecule has 0 bridgehead atoms. The van der Waals surface area contributed by atoms with Crippen LogP contribution in [0.4, 0.5) is 5.69 Å². The van der Waals surface area contributed by atoms with Gasteiger partial charge < -0.3 is 29.5 Å². The van der Waals surface area contributed by atoms with E-state index in [-0.39, 0.29) is 36.9 Å². The Morgan fingerprint density at radius 1 is 1.24 bits per heavy atom. The average molecular weight is 405 g/mol. The normalized spacial score (nSPS) is 17.6. The fraction of sp³-hybridized carbons (Fsp3) is 0.500. The van der Waals surface area contributed by atoms with E-state index >= 15 is 0 Å². The zero-order chi connectivity index (χ0) is 20.6. The number of carbonyl (C=O) groups is 2. The number of esters is 1. The van der Waals surface area contributed by atoms with Gasteiger partial charge in [-0.3, -0.25) is 9.69 Å². The Morgan fingerprint density at radius 2 is 2.00 bits per heavy atom. The van der Waals surface area contributed by atoms with Crippen LogP contribution in [0.1, 0.15) is 0 Å². The molecule has 1 amide bonds. The van der Waals surface area contributed by atoms with E-state index < -0.39 is 5.97 Å². The van der Waals surface area contributed by atoms with Gasteiger partial charge in [0, 0.05) is 26.2 Å². The van der Waals surface area contributed by atoms with Crippen molar-refractivity contribution < 1.29 is 28.9 Å². The number of hydrogen-bond acceptors (Lipinski definition) is 8. The molecule has 3 rings (SSSR count). The largest absolute Gasteiger partial charge is 0.490 e. The average Bonchev–Trinajstić information content (AvgIpc) is 3.05. The van der Waals surface area contributed by atoms with Gasteiger partial charge in [-0.1, -0.05) is 12.1 Å². The number of aliphatic hydroxyl groups excluding tert-OH is 1. The van der Waals surface area contributed by atoms with Gasteiger partial charge in [0.05, 0.1) is 44.7 Å². The van der Waals surface area contributed by atoms with E-state index in [4.69, 9.17) is 14.2 Å². The third kappa shape index (κ3) is 5.26. The van der Waals surface area contributed by atoms with E-state index in [1.807, 2.05) is 18.2 Å². The summed E-state index contributed by atoms with van der Waals surface area (Å²) in [5, 5.41) is 12.2. The molecular weight excluding hydrogens is 378 g/mol. The van der Waals surface area contributed by atoms with Crippen LogP contribution in [0.2, 0.25) is 0 Å². The maximum Gasteiger partial charge on any atom is 0.337 e. The molecule has 1 fully saturated rings. The number of para-hydroxylation sites is 2. The number of aliphatic hydroxyl groups is 1. The highest BCUT2D eigenvalue weighted by molar-refractivity contribution is 6.08. The van der Waals surface area contributed by atoms with Gasteiger partial charge >= 0.3 is 5.97 Å². The predicted molar refractivity (Wildman–Crippen MR) is 106 cm³/mol. The van der Waals surface area contributed by atoms with Crippen LogP contribution < -0.4 is 10.1 Å². The van der Waals surface area contributed by atoms with Crippen molar-refractivity contribution in [3.63, 3.8) is 0 Å². The lowest BCUT2D eigenvalue weighted by molar-refractivity contribution is -0.136. The Balaban J connectivity index is 1.70. The van der Waals surface area contributed by atoms with Crippen molar-refractivity contribution in [2.75, 3.05) is 71.6 Å². The van der Waals surface area contributed by atoms with Gasteiger partial charge in [0.2, 0.25) is 0 Å². The van der Waals surface area contributed by atoms with Crippen LogP contribution in [0.5, 0.6) is 5.75 Å². The molecule has 158 valence electrons. The van der Waals surface area contributed by atoms with E-state index in [0.29, 0.717) is 18.0 Å². The van der Waals surface area contributed by atoms with Crippen LogP contribution in [-0.2, 0) is 19.1 Å². The molecule has 0 saturated carbocycles. The molecule has 0 unspecified atom stereocenters. The first-order chi connectivity index (χ1) is 14.1. The van der Waals surface area contributed by atoms with Gasteiger partial charge in [-0.15, -0.1) is 0 Å². The predicted octanol–water partition coefficient (Wildman–Crippen LogP) is 0.0711. The van der Waals surface area contributed by atoms with Gasteiger partial charge in [0.25, 0.3) is 5.91 Å². The molecule has 29 heavy (non-hydrogen) atoms. The molecule has 0 spiro atoms. The van der Waals surface area contributed by atoms with Gasteiger partial charge in [0.1, 0.15) is 18.1 Å². The maximum atomic E-state index is 12.7. The molecule has 1 saturated heterocycles. The minimum atomic E-state index is -0.577. The second-order valence-electron chi connectivity index (χ2n) is 6.72. The van der Waals surface area contributed by atoms with Gasteiger partial charge in [-0.05, 0) is 12.1 Å². The lowest BCUT2D eigenvalue weighted by Gasteiger charge is -2.26. The van der Waals surface area contributed by atoms with Crippen molar-refractivity contribution in [2.24, 2.45) is 0 Å². The number of ether oxygens (including phenoxy) is 3. The number of β-amino-alcohol motifs (C(OH)–C–C–N with tert-alkyl or cyclic N) is 1. The Morgan fingerprint density at radius 3 is 2.72 bits per heavy atom. The van der Waals surface area contributed by atoms with E-state index in [1.54, 1.807) is 6.07 Å². The van der Waals surface area contributed by atoms with Crippen molar-refractivity contribution in [3.05, 3.63) is 35.5 Å². The number of anilines is 1. The number of nitrogens with one attached hydrogen (secondary N) is 1. The molecule has 1 aromatic carbocycles. The molecule has 0 aliphatic carbocycles. The van der Waals surface area contributed by atoms with Crippen molar-refractivity contribution in [1.82, 2.24) is 9.80 Å². The summed E-state index contributed by atoms with van der Waals surface area (Å²) in [4.78, 5) is 28.5. The third-order valence-corrected chi connectivity index (χ3v) is 4.87. The zero-order valence-corrected chi connectivity index (χ0v) is 16.6. The molecule has 1 aromatic rings. The van der Waals surface area contributed by atoms with Crippen LogP contribution in [0.3, 0.4) is 0 Å². The number of morpholine rings is 1. The second-order valence-corrected chi connectivity index (χ2v) is 6.72. The first-order valence-electron chi connectivity index (χ1n) is 9.64. The summed E-state index contributed by atoms with van der Waals surface area (Å²) < 4.78 is 16.1. The summed E-state index contributed by atoms with van der Waals surface area (Å²) in [5.74, 6) is -0.347. The molecule has 2 aliphatic rings. The summed E-state index contributed by atoms with van der Waals surface area (Å²) in [6.45, 7) is 4.54. The van der Waals surface area contributed by atoms with E-state index in [2.05, 4.69) is 10.2 Å². The number of carbonyl (C=O) groups excluding carboxylic acids is 2. The van der Waals surface area contributed by atoms with Crippen LogP contribution in [-0.4, -0.2) is 93.0 Å². The van der Waals surface area contributed by atoms with Crippen molar-refractivity contribution in [1.29, 1.82) is 0 Å². The molecule has 0 aromatic heterocycles. The van der Waals surface area contributed by atoms with Gasteiger partial charge in [-0.25, -0.2) is 4.79 Å². The minimum Gasteiger partial charge on any atom is -0.490 e. The Hall–Kier alpha value is -2.62. The van der Waals surface area contributed by atoms with Crippen molar-refractivity contribution in [2.45, 2.75) is 0 Å². The quantitative estimate of drug-likeness (QED) is 0.557. The molecule has 2 N–H and O–H groups in total. The lowest BCUT2D eigenvalue weighted by atomic mass is 10.2. The molecule has 2 heterocycles. The first-order valence-corrected chi connectivity index (χ1v) is 9.64. The summed E-state index contributed by atoms with van der Waals surface area (Å²) in [5.41, 5.74) is 0.966. The van der Waals surface area contributed by atoms with E-state index in [9.17, 15) is 14.7 Å². The van der Waals surface area contributed by atoms with Gasteiger partial charge in [-0.2, -0.15) is 0 Å². The molecule has 0 radical (unpaired) electrons. The zero-order valence-electron chi connectivity index (χ0n) is 16.6. The highest BCUT2D eigenvalue weighted by Gasteiger charge is 2.34. The Kier molecular flexibility index (Phi) is 7.45. The second kappa shape index (κ2) is 10.2. The summed E-state index contributed by atoms with van der Waals surface area (Å²) in [7, 11) is 1.27. The van der Waals surface area contributed by atoms with Crippen LogP contribution in [0.25, 0.3) is 0 Å². The number of amides is 1. The molecule has 9 heteroatoms. The van der Waals surface area contributed by atoms with Crippen LogP contribution in [0, 0.1) is 0 Å². The van der Waals surface area contributed by atoms with Crippen LogP contribution in [0.15, 0.2) is 35.5 Å². The topological polar surface area (TPSA) is 101 Å². The fourth-order valence-electron chi connectivity index (χ4n) is 3.29.